The summed E-state index contributed by atoms with van der Waals surface area (Å²) in [5, 5.41) is 6.67. The number of hydrogen-bond donors (Lipinski definition) is 0. The predicted octanol–water partition coefficient (Wildman–Crippen LogP) is 5.67. The number of ether oxygens (including phenoxy) is 2. The summed E-state index contributed by atoms with van der Waals surface area (Å²) < 4.78 is 48.9. The molecule has 0 spiro atoms. The van der Waals surface area contributed by atoms with Gasteiger partial charge in [-0.15, -0.1) is 0 Å². The summed E-state index contributed by atoms with van der Waals surface area (Å²) in [5.41, 5.74) is 3.47. The van der Waals surface area contributed by atoms with Crippen LogP contribution in [0, 0.1) is 5.82 Å². The molecule has 0 radical (unpaired) electrons. The van der Waals surface area contributed by atoms with Crippen LogP contribution in [0.25, 0.3) is 0 Å². The van der Waals surface area contributed by atoms with Crippen molar-refractivity contribution in [1.82, 2.24) is 5.01 Å². The Morgan fingerprint density at radius 1 is 0.967 bits per heavy atom. The molecule has 0 fully saturated rings. The standard InChI is InChI=1S/C23H17F3N2O2/c24-16-9-5-14(6-10-16)19-13-20-18-3-1-2-4-21(18)30-22(28(20)27-19)15-7-11-17(12-8-15)29-23(25)26/h1-12,20,22-23H,13H2/t20-,22-/m1/s1. The van der Waals surface area contributed by atoms with Gasteiger partial charge in [-0.05, 0) is 48.0 Å². The Bertz CT molecular complexity index is 1080. The maximum Gasteiger partial charge on any atom is 0.387 e. The van der Waals surface area contributed by atoms with E-state index in [9.17, 15) is 13.2 Å². The van der Waals surface area contributed by atoms with Gasteiger partial charge >= 0.3 is 6.61 Å². The van der Waals surface area contributed by atoms with Crippen LogP contribution in [0.15, 0.2) is 77.9 Å². The average molecular weight is 410 g/mol. The second kappa shape index (κ2) is 7.40. The molecule has 30 heavy (non-hydrogen) atoms. The van der Waals surface area contributed by atoms with Gasteiger partial charge in [-0.2, -0.15) is 13.9 Å². The van der Waals surface area contributed by atoms with Gasteiger partial charge < -0.3 is 9.47 Å². The van der Waals surface area contributed by atoms with Gasteiger partial charge in [-0.25, -0.2) is 9.40 Å². The van der Waals surface area contributed by atoms with Gasteiger partial charge in [0, 0.05) is 17.5 Å². The molecular formula is C23H17F3N2O2. The van der Waals surface area contributed by atoms with Crippen molar-refractivity contribution in [2.45, 2.75) is 25.3 Å². The average Bonchev–Trinajstić information content (AvgIpc) is 3.20. The first-order valence-electron chi connectivity index (χ1n) is 9.50. The highest BCUT2D eigenvalue weighted by atomic mass is 19.3. The first kappa shape index (κ1) is 18.5. The van der Waals surface area contributed by atoms with Gasteiger partial charge in [0.2, 0.25) is 6.23 Å². The van der Waals surface area contributed by atoms with Crippen LogP contribution in [-0.2, 0) is 0 Å². The van der Waals surface area contributed by atoms with Crippen LogP contribution in [0.3, 0.4) is 0 Å². The van der Waals surface area contributed by atoms with E-state index < -0.39 is 12.8 Å². The van der Waals surface area contributed by atoms with Crippen molar-refractivity contribution in [3.63, 3.8) is 0 Å². The molecule has 0 unspecified atom stereocenters. The van der Waals surface area contributed by atoms with E-state index in [1.54, 1.807) is 24.3 Å². The van der Waals surface area contributed by atoms with Crippen molar-refractivity contribution >= 4 is 5.71 Å². The maximum atomic E-state index is 13.3. The molecular weight excluding hydrogens is 393 g/mol. The molecule has 0 saturated heterocycles. The van der Waals surface area contributed by atoms with Crippen LogP contribution in [0.4, 0.5) is 13.2 Å². The lowest BCUT2D eigenvalue weighted by Gasteiger charge is -2.38. The molecule has 0 saturated carbocycles. The Morgan fingerprint density at radius 3 is 2.43 bits per heavy atom. The molecule has 2 aliphatic rings. The third-order valence-electron chi connectivity index (χ3n) is 5.27. The fourth-order valence-electron chi connectivity index (χ4n) is 3.88. The maximum absolute atomic E-state index is 13.3. The Hall–Kier alpha value is -3.48. The zero-order chi connectivity index (χ0) is 20.7. The summed E-state index contributed by atoms with van der Waals surface area (Å²) in [5.74, 6) is 0.540. The minimum Gasteiger partial charge on any atom is -0.464 e. The molecule has 0 bridgehead atoms. The Morgan fingerprint density at radius 2 is 1.70 bits per heavy atom. The van der Waals surface area contributed by atoms with E-state index >= 15 is 0 Å². The van der Waals surface area contributed by atoms with E-state index in [2.05, 4.69) is 4.74 Å². The van der Waals surface area contributed by atoms with Gasteiger partial charge in [0.05, 0.1) is 11.8 Å². The number of nitrogens with zero attached hydrogens (tertiary/aromatic N) is 2. The third kappa shape index (κ3) is 3.36. The second-order valence-electron chi connectivity index (χ2n) is 7.11. The summed E-state index contributed by atoms with van der Waals surface area (Å²) in [7, 11) is 0. The van der Waals surface area contributed by atoms with Gasteiger partial charge in [0.15, 0.2) is 0 Å². The van der Waals surface area contributed by atoms with Crippen LogP contribution in [0.5, 0.6) is 11.5 Å². The number of alkyl halides is 2. The highest BCUT2D eigenvalue weighted by Gasteiger charge is 2.40. The van der Waals surface area contributed by atoms with E-state index in [1.807, 2.05) is 29.3 Å². The summed E-state index contributed by atoms with van der Waals surface area (Å²) in [6, 6.07) is 20.3. The lowest BCUT2D eigenvalue weighted by atomic mass is 9.96. The van der Waals surface area contributed by atoms with Crippen molar-refractivity contribution in [2.24, 2.45) is 5.10 Å². The van der Waals surface area contributed by atoms with Crippen LogP contribution in [0.2, 0.25) is 0 Å². The van der Waals surface area contributed by atoms with E-state index in [0.29, 0.717) is 6.42 Å². The van der Waals surface area contributed by atoms with E-state index in [1.165, 1.54) is 24.3 Å². The minimum absolute atomic E-state index is 0.0445. The Labute approximate surface area is 171 Å². The molecule has 152 valence electrons. The van der Waals surface area contributed by atoms with E-state index in [0.717, 1.165) is 28.2 Å². The first-order chi connectivity index (χ1) is 14.6. The van der Waals surface area contributed by atoms with Gasteiger partial charge in [0.25, 0.3) is 0 Å². The summed E-state index contributed by atoms with van der Waals surface area (Å²) >= 11 is 0. The van der Waals surface area contributed by atoms with E-state index in [4.69, 9.17) is 9.84 Å². The fourth-order valence-corrected chi connectivity index (χ4v) is 3.88. The van der Waals surface area contributed by atoms with Gasteiger partial charge in [-0.3, -0.25) is 0 Å². The zero-order valence-corrected chi connectivity index (χ0v) is 15.7. The fraction of sp³-hybridized carbons (Fsp3) is 0.174. The Balaban J connectivity index is 1.51. The highest BCUT2D eigenvalue weighted by molar-refractivity contribution is 6.01. The molecule has 4 nitrogen and oxygen atoms in total. The van der Waals surface area contributed by atoms with Crippen LogP contribution in [-0.4, -0.2) is 17.3 Å². The van der Waals surface area contributed by atoms with Crippen molar-refractivity contribution in [2.75, 3.05) is 0 Å². The van der Waals surface area contributed by atoms with Crippen molar-refractivity contribution in [1.29, 1.82) is 0 Å². The van der Waals surface area contributed by atoms with Crippen molar-refractivity contribution < 1.29 is 22.6 Å². The molecule has 0 N–H and O–H groups in total. The molecule has 0 aliphatic carbocycles. The monoisotopic (exact) mass is 410 g/mol. The van der Waals surface area contributed by atoms with Crippen LogP contribution >= 0.6 is 0 Å². The SMILES string of the molecule is Fc1ccc(C2=NN3[C@H](C2)c2ccccc2O[C@@H]3c2ccc(OC(F)F)cc2)cc1. The third-order valence-corrected chi connectivity index (χ3v) is 5.27. The normalized spacial score (nSPS) is 19.7. The topological polar surface area (TPSA) is 34.1 Å². The lowest BCUT2D eigenvalue weighted by molar-refractivity contribution is -0.0499. The summed E-state index contributed by atoms with van der Waals surface area (Å²) in [6.45, 7) is -2.88. The number of hydrogen-bond acceptors (Lipinski definition) is 4. The summed E-state index contributed by atoms with van der Waals surface area (Å²) in [4.78, 5) is 0. The lowest BCUT2D eigenvalue weighted by Crippen LogP contribution is -2.33. The molecule has 0 aromatic heterocycles. The highest BCUT2D eigenvalue weighted by Crippen LogP contribution is 2.47. The largest absolute Gasteiger partial charge is 0.464 e. The number of benzene rings is 3. The number of hydrazone groups is 1. The van der Waals surface area contributed by atoms with Crippen LogP contribution < -0.4 is 9.47 Å². The molecule has 5 rings (SSSR count). The summed E-state index contributed by atoms with van der Waals surface area (Å²) in [6.07, 6.45) is 0.123. The zero-order valence-electron chi connectivity index (χ0n) is 15.7. The Kier molecular flexibility index (Phi) is 4.58. The first-order valence-corrected chi connectivity index (χ1v) is 9.50. The molecule has 3 aromatic carbocycles. The minimum atomic E-state index is -2.88. The molecule has 3 aromatic rings. The number of rotatable bonds is 4. The van der Waals surface area contributed by atoms with Gasteiger partial charge in [-0.1, -0.05) is 30.3 Å². The molecule has 2 aliphatic heterocycles. The van der Waals surface area contributed by atoms with Crippen molar-refractivity contribution in [3.05, 3.63) is 95.3 Å². The molecule has 2 heterocycles. The number of fused-ring (bicyclic) bond motifs is 3. The van der Waals surface area contributed by atoms with E-state index in [-0.39, 0.29) is 17.6 Å². The number of halogens is 3. The smallest absolute Gasteiger partial charge is 0.387 e. The molecule has 0 amide bonds. The van der Waals surface area contributed by atoms with Crippen LogP contribution in [0.1, 0.15) is 35.4 Å². The predicted molar refractivity (Wildman–Crippen MR) is 105 cm³/mol. The van der Waals surface area contributed by atoms with Crippen molar-refractivity contribution in [3.8, 4) is 11.5 Å². The molecule has 2 atom stereocenters. The van der Waals surface area contributed by atoms with Gasteiger partial charge in [0.1, 0.15) is 17.3 Å². The number of para-hydroxylation sites is 1. The quantitative estimate of drug-likeness (QED) is 0.556. The second-order valence-corrected chi connectivity index (χ2v) is 7.11. The molecule has 7 heteroatoms.